The van der Waals surface area contributed by atoms with Gasteiger partial charge in [-0.1, -0.05) is 54.2 Å². The third-order valence-electron chi connectivity index (χ3n) is 4.05. The summed E-state index contributed by atoms with van der Waals surface area (Å²) in [7, 11) is 0. The van der Waals surface area contributed by atoms with E-state index >= 15 is 0 Å². The van der Waals surface area contributed by atoms with E-state index in [0.29, 0.717) is 10.6 Å². The fraction of sp³-hybridized carbons (Fsp3) is 0.150. The molecule has 7 heteroatoms. The highest BCUT2D eigenvalue weighted by Gasteiger charge is 2.29. The SMILES string of the molecule is N#CC1=C(SCC(=O)Nc2ccccc2F)NC(=O)C[C@H]1c1ccccc1. The topological polar surface area (TPSA) is 82.0 Å². The Hall–Kier alpha value is -3.11. The summed E-state index contributed by atoms with van der Waals surface area (Å²) in [5.74, 6) is -1.56. The molecule has 0 aliphatic carbocycles. The second-order valence-electron chi connectivity index (χ2n) is 5.89. The molecule has 3 rings (SSSR count). The number of nitriles is 1. The number of para-hydroxylation sites is 1. The first kappa shape index (κ1) is 18.7. The maximum absolute atomic E-state index is 13.6. The highest BCUT2D eigenvalue weighted by Crippen LogP contribution is 2.35. The molecule has 1 aliphatic heterocycles. The molecule has 27 heavy (non-hydrogen) atoms. The monoisotopic (exact) mass is 381 g/mol. The number of allylic oxidation sites excluding steroid dienone is 1. The Bertz CT molecular complexity index is 938. The average Bonchev–Trinajstić information content (AvgIpc) is 2.68. The second-order valence-corrected chi connectivity index (χ2v) is 6.87. The van der Waals surface area contributed by atoms with Crippen LogP contribution in [0.3, 0.4) is 0 Å². The van der Waals surface area contributed by atoms with Gasteiger partial charge in [0.1, 0.15) is 5.82 Å². The summed E-state index contributed by atoms with van der Waals surface area (Å²) in [5.41, 5.74) is 1.38. The number of carbonyl (C=O) groups excluding carboxylic acids is 2. The van der Waals surface area contributed by atoms with E-state index < -0.39 is 11.7 Å². The predicted molar refractivity (Wildman–Crippen MR) is 102 cm³/mol. The molecule has 0 fully saturated rings. The molecule has 2 amide bonds. The Kier molecular flexibility index (Phi) is 5.89. The zero-order chi connectivity index (χ0) is 19.2. The normalized spacial score (nSPS) is 16.4. The van der Waals surface area contributed by atoms with E-state index in [1.54, 1.807) is 6.07 Å². The molecule has 0 unspecified atom stereocenters. The highest BCUT2D eigenvalue weighted by atomic mass is 32.2. The Labute approximate surface area is 160 Å². The first-order valence-corrected chi connectivity index (χ1v) is 9.23. The van der Waals surface area contributed by atoms with Gasteiger partial charge in [-0.3, -0.25) is 9.59 Å². The van der Waals surface area contributed by atoms with Crippen LogP contribution in [0.15, 0.2) is 65.2 Å². The first-order chi connectivity index (χ1) is 13.1. The average molecular weight is 381 g/mol. The number of hydrogen-bond acceptors (Lipinski definition) is 4. The molecular weight excluding hydrogens is 365 g/mol. The summed E-state index contributed by atoms with van der Waals surface area (Å²) in [6, 6.07) is 17.3. The Morgan fingerprint density at radius 1 is 1.22 bits per heavy atom. The van der Waals surface area contributed by atoms with Crippen molar-refractivity contribution >= 4 is 29.3 Å². The van der Waals surface area contributed by atoms with Gasteiger partial charge in [0.05, 0.1) is 28.1 Å². The maximum atomic E-state index is 13.6. The number of hydrogen-bond donors (Lipinski definition) is 2. The fourth-order valence-electron chi connectivity index (χ4n) is 2.79. The van der Waals surface area contributed by atoms with Gasteiger partial charge in [0.2, 0.25) is 11.8 Å². The molecular formula is C20H16FN3O2S. The van der Waals surface area contributed by atoms with Crippen molar-refractivity contribution < 1.29 is 14.0 Å². The van der Waals surface area contributed by atoms with E-state index in [9.17, 15) is 19.2 Å². The van der Waals surface area contributed by atoms with Crippen molar-refractivity contribution in [1.82, 2.24) is 5.32 Å². The van der Waals surface area contributed by atoms with E-state index in [1.807, 2.05) is 30.3 Å². The summed E-state index contributed by atoms with van der Waals surface area (Å²) in [4.78, 5) is 24.2. The molecule has 5 nitrogen and oxygen atoms in total. The largest absolute Gasteiger partial charge is 0.323 e. The van der Waals surface area contributed by atoms with Gasteiger partial charge in [-0.2, -0.15) is 5.26 Å². The molecule has 1 atom stereocenters. The smallest absolute Gasteiger partial charge is 0.234 e. The molecule has 0 radical (unpaired) electrons. The van der Waals surface area contributed by atoms with Crippen LogP contribution in [0.1, 0.15) is 17.9 Å². The van der Waals surface area contributed by atoms with E-state index in [-0.39, 0.29) is 29.7 Å². The van der Waals surface area contributed by atoms with E-state index in [0.717, 1.165) is 17.3 Å². The van der Waals surface area contributed by atoms with Gasteiger partial charge < -0.3 is 10.6 Å². The zero-order valence-corrected chi connectivity index (χ0v) is 15.1. The fourth-order valence-corrected chi connectivity index (χ4v) is 3.67. The summed E-state index contributed by atoms with van der Waals surface area (Å²) in [6.07, 6.45) is 0.179. The van der Waals surface area contributed by atoms with Crippen LogP contribution >= 0.6 is 11.8 Å². The molecule has 2 N–H and O–H groups in total. The highest BCUT2D eigenvalue weighted by molar-refractivity contribution is 8.03. The third-order valence-corrected chi connectivity index (χ3v) is 5.07. The van der Waals surface area contributed by atoms with Crippen molar-refractivity contribution in [2.24, 2.45) is 0 Å². The number of nitrogens with one attached hydrogen (secondary N) is 2. The van der Waals surface area contributed by atoms with Crippen LogP contribution in [-0.2, 0) is 9.59 Å². The standard InChI is InChI=1S/C20H16FN3O2S/c21-16-8-4-5-9-17(16)23-19(26)12-27-20-15(11-22)14(10-18(25)24-20)13-6-2-1-3-7-13/h1-9,14H,10,12H2,(H,23,26)(H,24,25)/t14-/m0/s1. The van der Waals surface area contributed by atoms with Gasteiger partial charge in [-0.05, 0) is 17.7 Å². The predicted octanol–water partition coefficient (Wildman–Crippen LogP) is 3.54. The van der Waals surface area contributed by atoms with Crippen LogP contribution in [0.25, 0.3) is 0 Å². The number of amides is 2. The molecule has 2 aromatic carbocycles. The van der Waals surface area contributed by atoms with E-state index in [4.69, 9.17) is 0 Å². The second kappa shape index (κ2) is 8.52. The van der Waals surface area contributed by atoms with Crippen molar-refractivity contribution in [3.63, 3.8) is 0 Å². The van der Waals surface area contributed by atoms with Crippen molar-refractivity contribution in [3.05, 3.63) is 76.6 Å². The van der Waals surface area contributed by atoms with Crippen LogP contribution in [0.2, 0.25) is 0 Å². The molecule has 0 spiro atoms. The summed E-state index contributed by atoms with van der Waals surface area (Å²) < 4.78 is 13.6. The summed E-state index contributed by atoms with van der Waals surface area (Å²) in [5, 5.41) is 15.1. The molecule has 1 aliphatic rings. The van der Waals surface area contributed by atoms with Crippen molar-refractivity contribution in [2.75, 3.05) is 11.1 Å². The quantitative estimate of drug-likeness (QED) is 0.830. The molecule has 0 saturated heterocycles. The van der Waals surface area contributed by atoms with E-state index in [1.165, 1.54) is 18.2 Å². The lowest BCUT2D eigenvalue weighted by Crippen LogP contribution is -2.31. The molecule has 0 bridgehead atoms. The number of halogens is 1. The first-order valence-electron chi connectivity index (χ1n) is 8.24. The van der Waals surface area contributed by atoms with Gasteiger partial charge >= 0.3 is 0 Å². The zero-order valence-electron chi connectivity index (χ0n) is 14.2. The lowest BCUT2D eigenvalue weighted by molar-refractivity contribution is -0.121. The third kappa shape index (κ3) is 4.54. The van der Waals surface area contributed by atoms with Crippen LogP contribution in [0.5, 0.6) is 0 Å². The van der Waals surface area contributed by atoms with Gasteiger partial charge in [0, 0.05) is 12.3 Å². The molecule has 2 aromatic rings. The van der Waals surface area contributed by atoms with Crippen LogP contribution in [-0.4, -0.2) is 17.6 Å². The number of anilines is 1. The van der Waals surface area contributed by atoms with Crippen LogP contribution in [0, 0.1) is 17.1 Å². The van der Waals surface area contributed by atoms with Crippen molar-refractivity contribution in [2.45, 2.75) is 12.3 Å². The number of nitrogens with zero attached hydrogens (tertiary/aromatic N) is 1. The summed E-state index contributed by atoms with van der Waals surface area (Å²) >= 11 is 1.06. The minimum Gasteiger partial charge on any atom is -0.323 e. The maximum Gasteiger partial charge on any atom is 0.234 e. The number of benzene rings is 2. The van der Waals surface area contributed by atoms with Gasteiger partial charge in [-0.15, -0.1) is 0 Å². The Morgan fingerprint density at radius 3 is 2.63 bits per heavy atom. The minimum atomic E-state index is -0.525. The van der Waals surface area contributed by atoms with Gasteiger partial charge in [-0.25, -0.2) is 4.39 Å². The number of carbonyl (C=O) groups is 2. The summed E-state index contributed by atoms with van der Waals surface area (Å²) in [6.45, 7) is 0. The lowest BCUT2D eigenvalue weighted by Gasteiger charge is -2.25. The minimum absolute atomic E-state index is 0.0589. The molecule has 0 aromatic heterocycles. The van der Waals surface area contributed by atoms with Crippen molar-refractivity contribution in [3.8, 4) is 6.07 Å². The van der Waals surface area contributed by atoms with Crippen molar-refractivity contribution in [1.29, 1.82) is 5.26 Å². The van der Waals surface area contributed by atoms with Gasteiger partial charge in [0.25, 0.3) is 0 Å². The lowest BCUT2D eigenvalue weighted by atomic mass is 9.87. The Balaban J connectivity index is 1.74. The molecule has 1 heterocycles. The Morgan fingerprint density at radius 2 is 1.93 bits per heavy atom. The van der Waals surface area contributed by atoms with E-state index in [2.05, 4.69) is 16.7 Å². The van der Waals surface area contributed by atoms with Gasteiger partial charge in [0.15, 0.2) is 0 Å². The number of thioether (sulfide) groups is 1. The van der Waals surface area contributed by atoms with Crippen LogP contribution < -0.4 is 10.6 Å². The molecule has 136 valence electrons. The molecule has 0 saturated carbocycles. The van der Waals surface area contributed by atoms with Crippen LogP contribution in [0.4, 0.5) is 10.1 Å². The number of rotatable bonds is 5.